The first kappa shape index (κ1) is 18.3. The highest BCUT2D eigenvalue weighted by atomic mass is 79.9. The summed E-state index contributed by atoms with van der Waals surface area (Å²) < 4.78 is 19.4. The van der Waals surface area contributed by atoms with Crippen LogP contribution in [0.3, 0.4) is 0 Å². The molecule has 1 aromatic rings. The summed E-state index contributed by atoms with van der Waals surface area (Å²) >= 11 is 7.13. The molecule has 0 atom stereocenters. The van der Waals surface area contributed by atoms with Crippen LogP contribution in [0.25, 0.3) is 0 Å². The lowest BCUT2D eigenvalue weighted by molar-refractivity contribution is -0.348. The second kappa shape index (κ2) is 7.04. The van der Waals surface area contributed by atoms with Crippen LogP contribution < -0.4 is 5.32 Å². The Morgan fingerprint density at radius 2 is 1.65 bits per heavy atom. The second-order valence-corrected chi connectivity index (χ2v) is 7.68. The van der Waals surface area contributed by atoms with Gasteiger partial charge in [-0.25, -0.2) is 0 Å². The van der Waals surface area contributed by atoms with Crippen LogP contribution in [0.5, 0.6) is 0 Å². The summed E-state index contributed by atoms with van der Waals surface area (Å²) in [4.78, 5) is 0. The van der Waals surface area contributed by atoms with Gasteiger partial charge in [-0.1, -0.05) is 0 Å². The molecule has 0 fully saturated rings. The minimum absolute atomic E-state index is 0.388. The van der Waals surface area contributed by atoms with Gasteiger partial charge >= 0.3 is 0 Å². The Labute approximate surface area is 143 Å². The first-order valence-electron chi connectivity index (χ1n) is 6.17. The highest BCUT2D eigenvalue weighted by Gasteiger charge is 2.39. The average molecular weight is 443 g/mol. The molecule has 0 unspecified atom stereocenters. The third-order valence-corrected chi connectivity index (χ3v) is 5.21. The van der Waals surface area contributed by atoms with Crippen molar-refractivity contribution in [2.24, 2.45) is 0 Å². The second-order valence-electron chi connectivity index (χ2n) is 5.21. The van der Waals surface area contributed by atoms with E-state index in [-0.39, 0.29) is 5.60 Å². The third kappa shape index (κ3) is 3.93. The Kier molecular flexibility index (Phi) is 6.45. The normalized spacial score (nSPS) is 15.3. The van der Waals surface area contributed by atoms with Crippen molar-refractivity contribution in [3.8, 4) is 0 Å². The molecule has 20 heavy (non-hydrogen) atoms. The largest absolute Gasteiger partial charge is 0.386 e. The summed E-state index contributed by atoms with van der Waals surface area (Å²) in [5, 5.41) is 3.15. The van der Waals surface area contributed by atoms with E-state index < -0.39 is 5.97 Å². The molecule has 8 heteroatoms. The maximum Gasteiger partial charge on any atom is 0.293 e. The molecule has 0 aromatic heterocycles. The SMILES string of the molecule is CNc1c(Br)ccc(C(O[SiH3])(O[SiH3])OC(C)(C)C)c1Br. The summed E-state index contributed by atoms with van der Waals surface area (Å²) in [6.07, 6.45) is 0. The molecule has 0 bridgehead atoms. The van der Waals surface area contributed by atoms with Crippen LogP contribution in [-0.2, 0) is 19.6 Å². The van der Waals surface area contributed by atoms with Crippen molar-refractivity contribution in [1.82, 2.24) is 0 Å². The number of anilines is 1. The molecule has 0 saturated heterocycles. The number of halogens is 2. The number of hydrogen-bond donors (Lipinski definition) is 1. The van der Waals surface area contributed by atoms with E-state index in [4.69, 9.17) is 13.6 Å². The van der Waals surface area contributed by atoms with Gasteiger partial charge in [0.15, 0.2) is 21.0 Å². The Morgan fingerprint density at radius 3 is 2.05 bits per heavy atom. The van der Waals surface area contributed by atoms with Crippen molar-refractivity contribution < 1.29 is 13.6 Å². The number of ether oxygens (including phenoxy) is 1. The topological polar surface area (TPSA) is 39.7 Å². The number of hydrogen-bond acceptors (Lipinski definition) is 4. The first-order chi connectivity index (χ1) is 9.20. The lowest BCUT2D eigenvalue weighted by atomic mass is 10.1. The van der Waals surface area contributed by atoms with Gasteiger partial charge in [-0.2, -0.15) is 0 Å². The molecule has 1 N–H and O–H groups in total. The average Bonchev–Trinajstić information content (AvgIpc) is 2.36. The first-order valence-corrected chi connectivity index (χ1v) is 9.39. The van der Waals surface area contributed by atoms with E-state index >= 15 is 0 Å². The molecule has 0 aliphatic heterocycles. The molecule has 1 aromatic carbocycles. The molecule has 0 aliphatic rings. The molecule has 0 saturated carbocycles. The molecular formula is C12H21Br2NO3Si2. The maximum absolute atomic E-state index is 6.08. The van der Waals surface area contributed by atoms with E-state index in [0.29, 0.717) is 21.0 Å². The van der Waals surface area contributed by atoms with Gasteiger partial charge in [0.2, 0.25) is 0 Å². The van der Waals surface area contributed by atoms with Gasteiger partial charge in [-0.05, 0) is 64.8 Å². The van der Waals surface area contributed by atoms with Crippen LogP contribution in [0.2, 0.25) is 0 Å². The molecule has 4 nitrogen and oxygen atoms in total. The van der Waals surface area contributed by atoms with Gasteiger partial charge in [0.25, 0.3) is 5.97 Å². The Morgan fingerprint density at radius 1 is 1.10 bits per heavy atom. The highest BCUT2D eigenvalue weighted by Crippen LogP contribution is 2.42. The number of benzene rings is 1. The summed E-state index contributed by atoms with van der Waals surface area (Å²) in [5.74, 6) is -1.15. The van der Waals surface area contributed by atoms with Crippen LogP contribution >= 0.6 is 31.9 Å². The van der Waals surface area contributed by atoms with E-state index in [1.807, 2.05) is 40.0 Å². The van der Waals surface area contributed by atoms with Crippen molar-refractivity contribution in [2.75, 3.05) is 12.4 Å². The van der Waals surface area contributed by atoms with Crippen molar-refractivity contribution in [2.45, 2.75) is 32.3 Å². The Hall–Kier alpha value is 0.294. The lowest BCUT2D eigenvalue weighted by Gasteiger charge is -2.38. The highest BCUT2D eigenvalue weighted by molar-refractivity contribution is 9.11. The zero-order valence-corrected chi connectivity index (χ0v) is 19.8. The minimum atomic E-state index is -1.15. The summed E-state index contributed by atoms with van der Waals surface area (Å²) in [6, 6.07) is 3.89. The van der Waals surface area contributed by atoms with E-state index in [1.54, 1.807) is 0 Å². The van der Waals surface area contributed by atoms with Crippen LogP contribution in [0, 0.1) is 0 Å². The standard InChI is InChI=1S/C12H21Br2NO3Si2/c1-11(2,3)16-12(17-19,18-20)7-5-6-8(13)10(15-4)9(7)14/h5-6,15H,1-4,19-20H3. The van der Waals surface area contributed by atoms with Crippen LogP contribution in [0.15, 0.2) is 21.1 Å². The van der Waals surface area contributed by atoms with Crippen molar-refractivity contribution in [3.63, 3.8) is 0 Å². The predicted molar refractivity (Wildman–Crippen MR) is 96.0 cm³/mol. The van der Waals surface area contributed by atoms with Gasteiger partial charge in [0.05, 0.1) is 21.3 Å². The third-order valence-electron chi connectivity index (χ3n) is 2.65. The number of rotatable bonds is 5. The quantitative estimate of drug-likeness (QED) is 0.557. The van der Waals surface area contributed by atoms with Gasteiger partial charge in [-0.15, -0.1) is 0 Å². The van der Waals surface area contributed by atoms with Crippen molar-refractivity contribution in [1.29, 1.82) is 0 Å². The monoisotopic (exact) mass is 441 g/mol. The van der Waals surface area contributed by atoms with Crippen LogP contribution in [0.4, 0.5) is 5.69 Å². The zero-order valence-electron chi connectivity index (χ0n) is 12.6. The molecule has 0 amide bonds. The Bertz CT molecular complexity index is 477. The fraction of sp³-hybridized carbons (Fsp3) is 0.500. The summed E-state index contributed by atoms with van der Waals surface area (Å²) in [7, 11) is 2.86. The molecule has 114 valence electrons. The molecule has 0 heterocycles. The summed E-state index contributed by atoms with van der Waals surface area (Å²) in [5.41, 5.74) is 1.37. The van der Waals surface area contributed by atoms with Gasteiger partial charge in [0, 0.05) is 11.5 Å². The smallest absolute Gasteiger partial charge is 0.293 e. The zero-order chi connectivity index (χ0) is 15.6. The van der Waals surface area contributed by atoms with E-state index in [9.17, 15) is 0 Å². The molecule has 1 rings (SSSR count). The predicted octanol–water partition coefficient (Wildman–Crippen LogP) is 1.77. The molecule has 0 spiro atoms. The van der Waals surface area contributed by atoms with E-state index in [2.05, 4.69) is 37.2 Å². The Balaban J connectivity index is 3.43. The van der Waals surface area contributed by atoms with Crippen LogP contribution in [-0.4, -0.2) is 33.6 Å². The minimum Gasteiger partial charge on any atom is -0.386 e. The number of nitrogens with one attached hydrogen (secondary N) is 1. The van der Waals surface area contributed by atoms with Gasteiger partial charge in [0.1, 0.15) is 0 Å². The molecule has 0 aliphatic carbocycles. The van der Waals surface area contributed by atoms with Gasteiger partial charge in [-0.3, -0.25) is 0 Å². The lowest BCUT2D eigenvalue weighted by Crippen LogP contribution is -2.42. The van der Waals surface area contributed by atoms with E-state index in [0.717, 1.165) is 20.2 Å². The molecular weight excluding hydrogens is 422 g/mol. The fourth-order valence-electron chi connectivity index (χ4n) is 1.86. The molecule has 0 radical (unpaired) electrons. The van der Waals surface area contributed by atoms with Crippen molar-refractivity contribution in [3.05, 3.63) is 26.6 Å². The maximum atomic E-state index is 6.08. The van der Waals surface area contributed by atoms with Crippen molar-refractivity contribution >= 4 is 58.5 Å². The fourth-order valence-corrected chi connectivity index (χ4v) is 4.72. The van der Waals surface area contributed by atoms with E-state index in [1.165, 1.54) is 0 Å². The van der Waals surface area contributed by atoms with Crippen LogP contribution in [0.1, 0.15) is 26.3 Å². The van der Waals surface area contributed by atoms with Gasteiger partial charge < -0.3 is 18.9 Å². The summed E-state index contributed by atoms with van der Waals surface area (Å²) in [6.45, 7) is 5.94.